The number of anilines is 1. The number of halogens is 1. The first-order chi connectivity index (χ1) is 8.08. The lowest BCUT2D eigenvalue weighted by atomic mass is 10.1. The van der Waals surface area contributed by atoms with E-state index in [1.807, 2.05) is 30.9 Å². The Morgan fingerprint density at radius 2 is 2.06 bits per heavy atom. The van der Waals surface area contributed by atoms with Crippen molar-refractivity contribution >= 4 is 39.4 Å². The van der Waals surface area contributed by atoms with E-state index in [9.17, 15) is 4.79 Å². The van der Waals surface area contributed by atoms with Gasteiger partial charge in [0.05, 0.1) is 5.88 Å². The second kappa shape index (κ2) is 5.31. The summed E-state index contributed by atoms with van der Waals surface area (Å²) in [7, 11) is 0. The van der Waals surface area contributed by atoms with Gasteiger partial charge in [-0.25, -0.2) is 4.79 Å². The number of urea groups is 1. The third kappa shape index (κ3) is 2.96. The van der Waals surface area contributed by atoms with Gasteiger partial charge in [0.2, 0.25) is 0 Å². The zero-order valence-electron chi connectivity index (χ0n) is 9.92. The maximum Gasteiger partial charge on any atom is 0.322 e. The van der Waals surface area contributed by atoms with Gasteiger partial charge in [-0.3, -0.25) is 0 Å². The van der Waals surface area contributed by atoms with Crippen LogP contribution >= 0.6 is 27.7 Å². The fraction of sp³-hybridized carbons (Fsp3) is 0.417. The molecule has 3 nitrogen and oxygen atoms in total. The summed E-state index contributed by atoms with van der Waals surface area (Å²) >= 11 is 5.24. The first-order valence-corrected chi connectivity index (χ1v) is 7.43. The Labute approximate surface area is 114 Å². The summed E-state index contributed by atoms with van der Waals surface area (Å²) < 4.78 is 1.04. The van der Waals surface area contributed by atoms with E-state index < -0.39 is 0 Å². The molecule has 5 heteroatoms. The Balaban J connectivity index is 2.15. The second-order valence-corrected chi connectivity index (χ2v) is 6.14. The smallest absolute Gasteiger partial charge is 0.314 e. The van der Waals surface area contributed by atoms with Crippen LogP contribution < -0.4 is 5.32 Å². The minimum absolute atomic E-state index is 0.00326. The standard InChI is InChI=1S/C12H15BrN2OS/c1-8-5-10(13)6-9(2)11(8)14-12(16)15-3-4-17-7-15/h5-6H,3-4,7H2,1-2H3,(H,14,16). The Kier molecular flexibility index (Phi) is 3.99. The van der Waals surface area contributed by atoms with E-state index in [0.717, 1.165) is 39.5 Å². The number of carbonyl (C=O) groups excluding carboxylic acids is 1. The van der Waals surface area contributed by atoms with Crippen molar-refractivity contribution in [2.45, 2.75) is 13.8 Å². The Morgan fingerprint density at radius 1 is 1.41 bits per heavy atom. The highest BCUT2D eigenvalue weighted by Gasteiger charge is 2.19. The molecule has 1 fully saturated rings. The molecule has 0 saturated carbocycles. The van der Waals surface area contributed by atoms with Crippen LogP contribution in [0, 0.1) is 13.8 Å². The average molecular weight is 315 g/mol. The van der Waals surface area contributed by atoms with Gasteiger partial charge >= 0.3 is 6.03 Å². The lowest BCUT2D eigenvalue weighted by molar-refractivity contribution is 0.225. The van der Waals surface area contributed by atoms with Gasteiger partial charge in [-0.05, 0) is 37.1 Å². The summed E-state index contributed by atoms with van der Waals surface area (Å²) in [5, 5.41) is 3.00. The van der Waals surface area contributed by atoms with Gasteiger partial charge in [-0.1, -0.05) is 15.9 Å². The molecule has 0 atom stereocenters. The minimum Gasteiger partial charge on any atom is -0.314 e. The van der Waals surface area contributed by atoms with Crippen LogP contribution in [0.15, 0.2) is 16.6 Å². The van der Waals surface area contributed by atoms with Crippen LogP contribution in [0.3, 0.4) is 0 Å². The molecule has 1 saturated heterocycles. The quantitative estimate of drug-likeness (QED) is 0.859. The molecule has 2 amide bonds. The second-order valence-electron chi connectivity index (χ2n) is 4.15. The van der Waals surface area contributed by atoms with Crippen LogP contribution in [-0.4, -0.2) is 29.1 Å². The maximum absolute atomic E-state index is 12.0. The van der Waals surface area contributed by atoms with E-state index in [1.54, 1.807) is 11.8 Å². The topological polar surface area (TPSA) is 32.3 Å². The van der Waals surface area contributed by atoms with Crippen LogP contribution in [0.5, 0.6) is 0 Å². The van der Waals surface area contributed by atoms with Crippen LogP contribution in [0.1, 0.15) is 11.1 Å². The SMILES string of the molecule is Cc1cc(Br)cc(C)c1NC(=O)N1CCSC1. The maximum atomic E-state index is 12.0. The van der Waals surface area contributed by atoms with Gasteiger partial charge in [0.25, 0.3) is 0 Å². The molecule has 0 aromatic heterocycles. The lowest BCUT2D eigenvalue weighted by Crippen LogP contribution is -2.32. The van der Waals surface area contributed by atoms with Crippen molar-refractivity contribution in [3.63, 3.8) is 0 Å². The van der Waals surface area contributed by atoms with Crippen LogP contribution in [0.25, 0.3) is 0 Å². The fourth-order valence-corrected chi connectivity index (χ4v) is 3.50. The highest BCUT2D eigenvalue weighted by atomic mass is 79.9. The van der Waals surface area contributed by atoms with Crippen molar-refractivity contribution in [1.82, 2.24) is 4.90 Å². The Bertz CT molecular complexity index is 421. The summed E-state index contributed by atoms with van der Waals surface area (Å²) in [6.45, 7) is 4.85. The molecule has 0 radical (unpaired) electrons. The van der Waals surface area contributed by atoms with E-state index in [2.05, 4.69) is 21.2 Å². The van der Waals surface area contributed by atoms with Gasteiger partial charge in [-0.15, -0.1) is 11.8 Å². The number of hydrogen-bond donors (Lipinski definition) is 1. The molecule has 1 aromatic carbocycles. The van der Waals surface area contributed by atoms with Crippen molar-refractivity contribution in [1.29, 1.82) is 0 Å². The number of carbonyl (C=O) groups is 1. The van der Waals surface area contributed by atoms with Gasteiger partial charge in [0.15, 0.2) is 0 Å². The highest BCUT2D eigenvalue weighted by Crippen LogP contribution is 2.26. The zero-order chi connectivity index (χ0) is 12.4. The predicted octanol–water partition coefficient (Wildman–Crippen LogP) is 3.60. The van der Waals surface area contributed by atoms with Crippen LogP contribution in [0.2, 0.25) is 0 Å². The fourth-order valence-electron chi connectivity index (χ4n) is 1.87. The van der Waals surface area contributed by atoms with Crippen molar-refractivity contribution in [3.8, 4) is 0 Å². The van der Waals surface area contributed by atoms with E-state index in [-0.39, 0.29) is 6.03 Å². The number of thioether (sulfide) groups is 1. The minimum atomic E-state index is 0.00326. The summed E-state index contributed by atoms with van der Waals surface area (Å²) in [5.41, 5.74) is 3.09. The largest absolute Gasteiger partial charge is 0.322 e. The summed E-state index contributed by atoms with van der Waals surface area (Å²) in [4.78, 5) is 13.8. The van der Waals surface area contributed by atoms with Gasteiger partial charge < -0.3 is 10.2 Å². The molecule has 0 bridgehead atoms. The first kappa shape index (κ1) is 12.8. The molecule has 0 spiro atoms. The highest BCUT2D eigenvalue weighted by molar-refractivity contribution is 9.10. The Hall–Kier alpha value is -0.680. The number of aryl methyl sites for hydroxylation is 2. The normalized spacial score (nSPS) is 15.1. The van der Waals surface area contributed by atoms with Crippen LogP contribution in [0.4, 0.5) is 10.5 Å². The molecular weight excluding hydrogens is 300 g/mol. The monoisotopic (exact) mass is 314 g/mol. The first-order valence-electron chi connectivity index (χ1n) is 5.48. The summed E-state index contributed by atoms with van der Waals surface area (Å²) in [6.07, 6.45) is 0. The molecule has 2 rings (SSSR count). The van der Waals surface area contributed by atoms with E-state index >= 15 is 0 Å². The molecular formula is C12H15BrN2OS. The number of benzene rings is 1. The van der Waals surface area contributed by atoms with Crippen LogP contribution in [-0.2, 0) is 0 Å². The average Bonchev–Trinajstić information content (AvgIpc) is 2.76. The molecule has 92 valence electrons. The van der Waals surface area contributed by atoms with E-state index in [4.69, 9.17) is 0 Å². The van der Waals surface area contributed by atoms with Gasteiger partial charge in [-0.2, -0.15) is 0 Å². The number of rotatable bonds is 1. The summed E-state index contributed by atoms with van der Waals surface area (Å²) in [6, 6.07) is 4.03. The van der Waals surface area contributed by atoms with Gasteiger partial charge in [0.1, 0.15) is 0 Å². The number of amides is 2. The van der Waals surface area contributed by atoms with Crippen molar-refractivity contribution < 1.29 is 4.79 Å². The van der Waals surface area contributed by atoms with Gasteiger partial charge in [0, 0.05) is 22.5 Å². The van der Waals surface area contributed by atoms with E-state index in [1.165, 1.54) is 0 Å². The third-order valence-electron chi connectivity index (χ3n) is 2.77. The zero-order valence-corrected chi connectivity index (χ0v) is 12.3. The summed E-state index contributed by atoms with van der Waals surface area (Å²) in [5.74, 6) is 1.83. The lowest BCUT2D eigenvalue weighted by Gasteiger charge is -2.18. The van der Waals surface area contributed by atoms with Crippen molar-refractivity contribution in [2.24, 2.45) is 0 Å². The predicted molar refractivity (Wildman–Crippen MR) is 76.7 cm³/mol. The molecule has 1 heterocycles. The number of nitrogens with one attached hydrogen (secondary N) is 1. The molecule has 0 unspecified atom stereocenters. The molecule has 1 aromatic rings. The number of hydrogen-bond acceptors (Lipinski definition) is 2. The molecule has 1 N–H and O–H groups in total. The number of nitrogens with zero attached hydrogens (tertiary/aromatic N) is 1. The van der Waals surface area contributed by atoms with Crippen molar-refractivity contribution in [3.05, 3.63) is 27.7 Å². The van der Waals surface area contributed by atoms with Crippen molar-refractivity contribution in [2.75, 3.05) is 23.5 Å². The Morgan fingerprint density at radius 3 is 2.59 bits per heavy atom. The molecule has 0 aliphatic carbocycles. The van der Waals surface area contributed by atoms with E-state index in [0.29, 0.717) is 0 Å². The molecule has 1 aliphatic heterocycles. The third-order valence-corrected chi connectivity index (χ3v) is 4.19. The molecule has 17 heavy (non-hydrogen) atoms. The molecule has 1 aliphatic rings.